The van der Waals surface area contributed by atoms with Gasteiger partial charge in [-0.25, -0.2) is 0 Å². The van der Waals surface area contributed by atoms with Crippen LogP contribution in [0.5, 0.6) is 0 Å². The van der Waals surface area contributed by atoms with Gasteiger partial charge in [0.15, 0.2) is 0 Å². The second kappa shape index (κ2) is 6.94. The Balaban J connectivity index is 2.55. The van der Waals surface area contributed by atoms with E-state index in [0.717, 1.165) is 12.3 Å². The number of benzene rings is 1. The molecule has 2 atom stereocenters. The van der Waals surface area contributed by atoms with Gasteiger partial charge in [-0.2, -0.15) is 11.8 Å². The van der Waals surface area contributed by atoms with E-state index in [1.165, 1.54) is 5.56 Å². The molecule has 2 nitrogen and oxygen atoms in total. The zero-order valence-electron chi connectivity index (χ0n) is 10.4. The van der Waals surface area contributed by atoms with Gasteiger partial charge in [0.2, 0.25) is 0 Å². The Morgan fingerprint density at radius 2 is 1.88 bits per heavy atom. The monoisotopic (exact) mass is 238 g/mol. The summed E-state index contributed by atoms with van der Waals surface area (Å²) in [6.07, 6.45) is 0. The van der Waals surface area contributed by atoms with Gasteiger partial charge in [-0.15, -0.1) is 0 Å². The van der Waals surface area contributed by atoms with Crippen LogP contribution in [0, 0.1) is 0 Å². The fourth-order valence-corrected chi connectivity index (χ4v) is 2.93. The van der Waals surface area contributed by atoms with Crippen LogP contribution in [-0.2, 0) is 0 Å². The molecule has 1 aromatic rings. The zero-order chi connectivity index (χ0) is 12.0. The molecule has 2 unspecified atom stereocenters. The van der Waals surface area contributed by atoms with Crippen molar-refractivity contribution in [2.24, 2.45) is 5.73 Å². The summed E-state index contributed by atoms with van der Waals surface area (Å²) in [5.74, 6) is 1.12. The third-order valence-corrected chi connectivity index (χ3v) is 3.92. The molecule has 1 rings (SSSR count). The molecule has 0 aliphatic carbocycles. The Morgan fingerprint density at radius 1 is 1.25 bits per heavy atom. The molecular formula is C13H22N2S. The van der Waals surface area contributed by atoms with E-state index in [2.05, 4.69) is 50.2 Å². The first kappa shape index (κ1) is 13.6. The van der Waals surface area contributed by atoms with Gasteiger partial charge < -0.3 is 10.6 Å². The van der Waals surface area contributed by atoms with Crippen molar-refractivity contribution in [1.82, 2.24) is 4.90 Å². The number of thioether (sulfide) groups is 1. The maximum Gasteiger partial charge on any atom is 0.0446 e. The Kier molecular flexibility index (Phi) is 5.88. The fourth-order valence-electron chi connectivity index (χ4n) is 1.56. The van der Waals surface area contributed by atoms with Gasteiger partial charge in [0.1, 0.15) is 0 Å². The lowest BCUT2D eigenvalue weighted by atomic mass is 10.1. The first-order chi connectivity index (χ1) is 7.61. The molecule has 0 bridgehead atoms. The summed E-state index contributed by atoms with van der Waals surface area (Å²) in [6.45, 7) is 3.18. The minimum absolute atomic E-state index is 0.189. The van der Waals surface area contributed by atoms with Gasteiger partial charge in [-0.1, -0.05) is 30.3 Å². The molecule has 2 N–H and O–H groups in total. The number of nitrogens with zero attached hydrogens (tertiary/aromatic N) is 1. The van der Waals surface area contributed by atoms with Gasteiger partial charge in [0.25, 0.3) is 0 Å². The van der Waals surface area contributed by atoms with Crippen molar-refractivity contribution in [2.75, 3.05) is 26.4 Å². The third kappa shape index (κ3) is 4.56. The van der Waals surface area contributed by atoms with Crippen molar-refractivity contribution in [2.45, 2.75) is 18.2 Å². The van der Waals surface area contributed by atoms with Gasteiger partial charge >= 0.3 is 0 Å². The maximum absolute atomic E-state index is 6.05. The smallest absolute Gasteiger partial charge is 0.0446 e. The predicted molar refractivity (Wildman–Crippen MR) is 73.8 cm³/mol. The summed E-state index contributed by atoms with van der Waals surface area (Å²) < 4.78 is 0. The Bertz CT molecular complexity index is 285. The summed E-state index contributed by atoms with van der Waals surface area (Å²) in [6, 6.07) is 10.7. The van der Waals surface area contributed by atoms with Crippen LogP contribution in [0.2, 0.25) is 0 Å². The molecular weight excluding hydrogens is 216 g/mol. The molecule has 90 valence electrons. The Morgan fingerprint density at radius 3 is 2.38 bits per heavy atom. The topological polar surface area (TPSA) is 29.3 Å². The van der Waals surface area contributed by atoms with Crippen molar-refractivity contribution >= 4 is 11.8 Å². The lowest BCUT2D eigenvalue weighted by Gasteiger charge is -2.21. The Hall–Kier alpha value is -0.510. The predicted octanol–water partition coefficient (Wildman–Crippen LogP) is 2.37. The normalized spacial score (nSPS) is 15.1. The van der Waals surface area contributed by atoms with Crippen LogP contribution in [0.15, 0.2) is 30.3 Å². The molecule has 0 fully saturated rings. The van der Waals surface area contributed by atoms with Crippen LogP contribution < -0.4 is 5.73 Å². The summed E-state index contributed by atoms with van der Waals surface area (Å²) >= 11 is 1.94. The van der Waals surface area contributed by atoms with E-state index in [-0.39, 0.29) is 6.04 Å². The standard InChI is InChI=1S/C13H22N2S/c1-11(14)13(16-10-9-15(2)3)12-7-5-4-6-8-12/h4-8,11,13H,9-10,14H2,1-3H3. The fraction of sp³-hybridized carbons (Fsp3) is 0.538. The van der Waals surface area contributed by atoms with E-state index in [1.54, 1.807) is 0 Å². The highest BCUT2D eigenvalue weighted by Gasteiger charge is 2.15. The number of hydrogen-bond donors (Lipinski definition) is 1. The van der Waals surface area contributed by atoms with Crippen LogP contribution >= 0.6 is 11.8 Å². The minimum Gasteiger partial charge on any atom is -0.327 e. The zero-order valence-corrected chi connectivity index (χ0v) is 11.2. The molecule has 0 heterocycles. The van der Waals surface area contributed by atoms with Crippen molar-refractivity contribution in [3.63, 3.8) is 0 Å². The molecule has 0 spiro atoms. The average molecular weight is 238 g/mol. The van der Waals surface area contributed by atoms with E-state index in [4.69, 9.17) is 5.73 Å². The Labute approximate surface area is 103 Å². The molecule has 3 heteroatoms. The lowest BCUT2D eigenvalue weighted by molar-refractivity contribution is 0.437. The minimum atomic E-state index is 0.189. The van der Waals surface area contributed by atoms with Crippen molar-refractivity contribution in [3.05, 3.63) is 35.9 Å². The molecule has 0 amide bonds. The highest BCUT2D eigenvalue weighted by Crippen LogP contribution is 2.30. The SMILES string of the molecule is CC(N)C(SCCN(C)C)c1ccccc1. The van der Waals surface area contributed by atoms with E-state index in [9.17, 15) is 0 Å². The summed E-state index contributed by atoms with van der Waals surface area (Å²) in [5.41, 5.74) is 7.39. The molecule has 0 saturated heterocycles. The van der Waals surface area contributed by atoms with Gasteiger partial charge in [-0.05, 0) is 26.6 Å². The molecule has 1 aromatic carbocycles. The van der Waals surface area contributed by atoms with Crippen LogP contribution in [0.1, 0.15) is 17.7 Å². The van der Waals surface area contributed by atoms with E-state index in [1.807, 2.05) is 17.8 Å². The van der Waals surface area contributed by atoms with Crippen molar-refractivity contribution < 1.29 is 0 Å². The first-order valence-electron chi connectivity index (χ1n) is 5.68. The lowest BCUT2D eigenvalue weighted by Crippen LogP contribution is -2.24. The van der Waals surface area contributed by atoms with Gasteiger partial charge in [-0.3, -0.25) is 0 Å². The van der Waals surface area contributed by atoms with Crippen LogP contribution in [0.4, 0.5) is 0 Å². The molecule has 0 aliphatic heterocycles. The van der Waals surface area contributed by atoms with E-state index >= 15 is 0 Å². The summed E-state index contributed by atoms with van der Waals surface area (Å²) in [7, 11) is 4.20. The number of rotatable bonds is 6. The van der Waals surface area contributed by atoms with Crippen LogP contribution in [-0.4, -0.2) is 37.3 Å². The number of nitrogens with two attached hydrogens (primary N) is 1. The molecule has 16 heavy (non-hydrogen) atoms. The molecule has 0 saturated carbocycles. The van der Waals surface area contributed by atoms with Gasteiger partial charge in [0, 0.05) is 23.6 Å². The van der Waals surface area contributed by atoms with E-state index in [0.29, 0.717) is 5.25 Å². The van der Waals surface area contributed by atoms with Crippen LogP contribution in [0.25, 0.3) is 0 Å². The van der Waals surface area contributed by atoms with Gasteiger partial charge in [0.05, 0.1) is 0 Å². The first-order valence-corrected chi connectivity index (χ1v) is 6.73. The molecule has 0 radical (unpaired) electrons. The van der Waals surface area contributed by atoms with Crippen molar-refractivity contribution in [3.8, 4) is 0 Å². The summed E-state index contributed by atoms with van der Waals surface area (Å²) in [4.78, 5) is 2.20. The third-order valence-electron chi connectivity index (χ3n) is 2.44. The quantitative estimate of drug-likeness (QED) is 0.825. The second-order valence-corrected chi connectivity index (χ2v) is 5.61. The molecule has 0 aromatic heterocycles. The van der Waals surface area contributed by atoms with Crippen molar-refractivity contribution in [1.29, 1.82) is 0 Å². The van der Waals surface area contributed by atoms with E-state index < -0.39 is 0 Å². The highest BCUT2D eigenvalue weighted by atomic mass is 32.2. The number of hydrogen-bond acceptors (Lipinski definition) is 3. The second-order valence-electron chi connectivity index (χ2n) is 4.36. The molecule has 0 aliphatic rings. The maximum atomic E-state index is 6.05. The largest absolute Gasteiger partial charge is 0.327 e. The summed E-state index contributed by atoms with van der Waals surface area (Å²) in [5, 5.41) is 0.404. The van der Waals surface area contributed by atoms with Crippen LogP contribution in [0.3, 0.4) is 0 Å². The average Bonchev–Trinajstić information content (AvgIpc) is 2.25. The highest BCUT2D eigenvalue weighted by molar-refractivity contribution is 7.99.